The van der Waals surface area contributed by atoms with Gasteiger partial charge in [0.05, 0.1) is 0 Å². The topological polar surface area (TPSA) is 68.0 Å². The number of nitrogens with one attached hydrogen (secondary N) is 1. The lowest BCUT2D eigenvalue weighted by atomic mass is 10.1. The van der Waals surface area contributed by atoms with E-state index in [9.17, 15) is 4.79 Å². The molecule has 0 aliphatic rings. The van der Waals surface area contributed by atoms with Gasteiger partial charge >= 0.3 is 0 Å². The first-order valence-corrected chi connectivity index (χ1v) is 5.38. The molecular formula is C9H15N3OS. The number of carbonyl (C=O) groups is 1. The van der Waals surface area contributed by atoms with Crippen LogP contribution in [0.1, 0.15) is 18.2 Å². The van der Waals surface area contributed by atoms with Crippen LogP contribution in [0, 0.1) is 12.8 Å². The largest absolute Gasteiger partial charge is 0.330 e. The average Bonchev–Trinajstić information content (AvgIpc) is 2.51. The van der Waals surface area contributed by atoms with Crippen LogP contribution in [0.3, 0.4) is 0 Å². The molecule has 5 heteroatoms. The lowest BCUT2D eigenvalue weighted by Crippen LogP contribution is -2.22. The van der Waals surface area contributed by atoms with Crippen LogP contribution in [0.4, 0.5) is 5.13 Å². The minimum Gasteiger partial charge on any atom is -0.330 e. The van der Waals surface area contributed by atoms with Crippen molar-refractivity contribution in [3.05, 3.63) is 11.1 Å². The van der Waals surface area contributed by atoms with Crippen LogP contribution in [0.25, 0.3) is 0 Å². The van der Waals surface area contributed by atoms with E-state index in [1.54, 1.807) is 6.20 Å². The molecule has 0 bridgehead atoms. The molecule has 0 radical (unpaired) electrons. The number of amides is 1. The third kappa shape index (κ3) is 3.08. The van der Waals surface area contributed by atoms with Gasteiger partial charge in [0.2, 0.25) is 5.91 Å². The van der Waals surface area contributed by atoms with Crippen LogP contribution in [0.15, 0.2) is 6.20 Å². The zero-order chi connectivity index (χ0) is 10.6. The van der Waals surface area contributed by atoms with Gasteiger partial charge in [-0.15, -0.1) is 11.3 Å². The number of hydrogen-bond donors (Lipinski definition) is 2. The smallest absolute Gasteiger partial charge is 0.229 e. The summed E-state index contributed by atoms with van der Waals surface area (Å²) in [6.07, 6.45) is 2.45. The van der Waals surface area contributed by atoms with E-state index in [1.807, 2.05) is 13.8 Å². The predicted octanol–water partition coefficient (Wildman–Crippen LogP) is 1.37. The van der Waals surface area contributed by atoms with Crippen LogP contribution >= 0.6 is 11.3 Å². The van der Waals surface area contributed by atoms with Gasteiger partial charge in [0, 0.05) is 17.0 Å². The molecule has 1 atom stereocenters. The molecule has 0 aliphatic heterocycles. The van der Waals surface area contributed by atoms with Crippen molar-refractivity contribution in [3.63, 3.8) is 0 Å². The summed E-state index contributed by atoms with van der Waals surface area (Å²) >= 11 is 1.48. The van der Waals surface area contributed by atoms with Crippen molar-refractivity contribution >= 4 is 22.4 Å². The van der Waals surface area contributed by atoms with Gasteiger partial charge in [0.15, 0.2) is 5.13 Å². The van der Waals surface area contributed by atoms with Crippen LogP contribution < -0.4 is 11.1 Å². The highest BCUT2D eigenvalue weighted by Crippen LogP contribution is 2.17. The van der Waals surface area contributed by atoms with Crippen LogP contribution in [-0.2, 0) is 4.79 Å². The Morgan fingerprint density at radius 2 is 2.50 bits per heavy atom. The molecule has 1 aromatic heterocycles. The van der Waals surface area contributed by atoms with Gasteiger partial charge in [-0.25, -0.2) is 4.98 Å². The molecule has 3 N–H and O–H groups in total. The molecule has 1 heterocycles. The summed E-state index contributed by atoms with van der Waals surface area (Å²) in [7, 11) is 0. The van der Waals surface area contributed by atoms with Crippen molar-refractivity contribution in [2.45, 2.75) is 20.3 Å². The minimum atomic E-state index is -0.0517. The van der Waals surface area contributed by atoms with Crippen molar-refractivity contribution in [3.8, 4) is 0 Å². The number of nitrogens with two attached hydrogens (primary N) is 1. The van der Waals surface area contributed by atoms with E-state index < -0.39 is 0 Å². The van der Waals surface area contributed by atoms with Gasteiger partial charge in [-0.3, -0.25) is 4.79 Å². The number of hydrogen-bond acceptors (Lipinski definition) is 4. The maximum absolute atomic E-state index is 11.5. The third-order valence-corrected chi connectivity index (χ3v) is 2.73. The molecule has 14 heavy (non-hydrogen) atoms. The first-order valence-electron chi connectivity index (χ1n) is 4.57. The molecule has 1 aromatic rings. The summed E-state index contributed by atoms with van der Waals surface area (Å²) in [5, 5.41) is 3.42. The monoisotopic (exact) mass is 213 g/mol. The summed E-state index contributed by atoms with van der Waals surface area (Å²) in [4.78, 5) is 16.7. The van der Waals surface area contributed by atoms with Crippen molar-refractivity contribution in [2.24, 2.45) is 11.7 Å². The molecule has 0 saturated heterocycles. The highest BCUT2D eigenvalue weighted by Gasteiger charge is 2.12. The molecule has 0 saturated carbocycles. The van der Waals surface area contributed by atoms with Crippen molar-refractivity contribution in [2.75, 3.05) is 11.9 Å². The second-order valence-electron chi connectivity index (χ2n) is 3.24. The van der Waals surface area contributed by atoms with Crippen molar-refractivity contribution in [1.29, 1.82) is 0 Å². The highest BCUT2D eigenvalue weighted by atomic mass is 32.1. The molecule has 0 aliphatic carbocycles. The first-order chi connectivity index (χ1) is 6.63. The number of aryl methyl sites for hydroxylation is 1. The molecule has 1 unspecified atom stereocenters. The number of carbonyl (C=O) groups excluding carboxylic acids is 1. The van der Waals surface area contributed by atoms with E-state index in [0.29, 0.717) is 18.1 Å². The molecule has 0 aromatic carbocycles. The molecule has 78 valence electrons. The predicted molar refractivity (Wildman–Crippen MR) is 58.3 cm³/mol. The quantitative estimate of drug-likeness (QED) is 0.793. The van der Waals surface area contributed by atoms with Gasteiger partial charge in [-0.1, -0.05) is 6.92 Å². The van der Waals surface area contributed by atoms with Crippen molar-refractivity contribution < 1.29 is 4.79 Å². The number of aromatic nitrogens is 1. The number of nitrogens with zero attached hydrogens (tertiary/aromatic N) is 1. The SMILES string of the molecule is Cc1cnc(NC(=O)C(C)CCN)s1. The van der Waals surface area contributed by atoms with Crippen LogP contribution in [0.5, 0.6) is 0 Å². The summed E-state index contributed by atoms with van der Waals surface area (Å²) in [5.41, 5.74) is 5.37. The van der Waals surface area contributed by atoms with Gasteiger partial charge in [-0.2, -0.15) is 0 Å². The summed E-state index contributed by atoms with van der Waals surface area (Å²) in [6, 6.07) is 0. The van der Waals surface area contributed by atoms with E-state index in [1.165, 1.54) is 11.3 Å². The van der Waals surface area contributed by atoms with Gasteiger partial charge in [-0.05, 0) is 19.9 Å². The van der Waals surface area contributed by atoms with Gasteiger partial charge in [0.25, 0.3) is 0 Å². The Bertz CT molecular complexity index is 311. The Kier molecular flexibility index (Phi) is 4.03. The normalized spacial score (nSPS) is 12.5. The number of rotatable bonds is 4. The molecule has 0 fully saturated rings. The summed E-state index contributed by atoms with van der Waals surface area (Å²) in [6.45, 7) is 4.35. The molecular weight excluding hydrogens is 198 g/mol. The first kappa shape index (κ1) is 11.1. The zero-order valence-electron chi connectivity index (χ0n) is 8.41. The Balaban J connectivity index is 2.48. The zero-order valence-corrected chi connectivity index (χ0v) is 9.23. The van der Waals surface area contributed by atoms with Gasteiger partial charge in [0.1, 0.15) is 0 Å². The molecule has 0 spiro atoms. The maximum Gasteiger partial charge on any atom is 0.229 e. The average molecular weight is 213 g/mol. The van der Waals surface area contributed by atoms with Crippen molar-refractivity contribution in [1.82, 2.24) is 4.98 Å². The van der Waals surface area contributed by atoms with E-state index in [2.05, 4.69) is 10.3 Å². The Morgan fingerprint density at radius 1 is 1.79 bits per heavy atom. The lowest BCUT2D eigenvalue weighted by molar-refractivity contribution is -0.119. The van der Waals surface area contributed by atoms with Crippen LogP contribution in [-0.4, -0.2) is 17.4 Å². The fraction of sp³-hybridized carbons (Fsp3) is 0.556. The Morgan fingerprint density at radius 3 is 3.00 bits per heavy atom. The van der Waals surface area contributed by atoms with Gasteiger partial charge < -0.3 is 11.1 Å². The minimum absolute atomic E-state index is 0.00944. The standard InChI is InChI=1S/C9H15N3OS/c1-6(3-4-10)8(13)12-9-11-5-7(2)14-9/h5-6H,3-4,10H2,1-2H3,(H,11,12,13). The number of thiazole rings is 1. The second-order valence-corrected chi connectivity index (χ2v) is 4.48. The van der Waals surface area contributed by atoms with E-state index in [0.717, 1.165) is 4.88 Å². The third-order valence-electron chi connectivity index (χ3n) is 1.90. The number of anilines is 1. The molecule has 1 rings (SSSR count). The summed E-state index contributed by atoms with van der Waals surface area (Å²) in [5.74, 6) is -0.0611. The molecule has 4 nitrogen and oxygen atoms in total. The van der Waals surface area contributed by atoms with E-state index in [4.69, 9.17) is 5.73 Å². The second kappa shape index (κ2) is 5.07. The Hall–Kier alpha value is -0.940. The summed E-state index contributed by atoms with van der Waals surface area (Å²) < 4.78 is 0. The fourth-order valence-electron chi connectivity index (χ4n) is 1.02. The maximum atomic E-state index is 11.5. The van der Waals surface area contributed by atoms with Crippen LogP contribution in [0.2, 0.25) is 0 Å². The fourth-order valence-corrected chi connectivity index (χ4v) is 1.69. The van der Waals surface area contributed by atoms with E-state index in [-0.39, 0.29) is 11.8 Å². The van der Waals surface area contributed by atoms with E-state index >= 15 is 0 Å². The highest BCUT2D eigenvalue weighted by molar-refractivity contribution is 7.15. The Labute approximate surface area is 87.5 Å². The lowest BCUT2D eigenvalue weighted by Gasteiger charge is -2.08. The molecule has 1 amide bonds.